The van der Waals surface area contributed by atoms with E-state index in [0.29, 0.717) is 19.0 Å². The SMILES string of the molecule is C[C@H]1CN(C(=O)c2ccc(=O)[nH]n2)Cc2nnc(C3CC3)n21. The molecule has 1 atom stereocenters. The van der Waals surface area contributed by atoms with Crippen LogP contribution in [0.1, 0.15) is 53.9 Å². The molecule has 2 aromatic rings. The molecule has 0 radical (unpaired) electrons. The van der Waals surface area contributed by atoms with Crippen molar-refractivity contribution in [2.24, 2.45) is 0 Å². The summed E-state index contributed by atoms with van der Waals surface area (Å²) in [5, 5.41) is 14.6. The first-order valence-electron chi connectivity index (χ1n) is 7.42. The number of aromatic amines is 1. The van der Waals surface area contributed by atoms with Crippen molar-refractivity contribution < 1.29 is 4.79 Å². The van der Waals surface area contributed by atoms with Gasteiger partial charge < -0.3 is 9.47 Å². The van der Waals surface area contributed by atoms with E-state index in [2.05, 4.69) is 31.9 Å². The molecule has 22 heavy (non-hydrogen) atoms. The van der Waals surface area contributed by atoms with Gasteiger partial charge in [-0.2, -0.15) is 5.10 Å². The number of carbonyl (C=O) groups is 1. The number of nitrogens with one attached hydrogen (secondary N) is 1. The monoisotopic (exact) mass is 300 g/mol. The van der Waals surface area contributed by atoms with Gasteiger partial charge in [0.2, 0.25) is 0 Å². The summed E-state index contributed by atoms with van der Waals surface area (Å²) < 4.78 is 2.17. The number of fused-ring (bicyclic) bond motifs is 1. The van der Waals surface area contributed by atoms with Crippen LogP contribution in [-0.4, -0.2) is 42.3 Å². The standard InChI is InChI=1S/C14H16N6O2/c1-8-6-19(14(22)10-4-5-12(21)17-15-10)7-11-16-18-13(20(8)11)9-2-3-9/h4-5,8-9H,2-3,6-7H2,1H3,(H,17,21)/t8-/m0/s1. The van der Waals surface area contributed by atoms with Crippen LogP contribution in [0.15, 0.2) is 16.9 Å². The van der Waals surface area contributed by atoms with Crippen LogP contribution in [0, 0.1) is 0 Å². The fraction of sp³-hybridized carbons (Fsp3) is 0.500. The first kappa shape index (κ1) is 13.2. The predicted octanol–water partition coefficient (Wildman–Crippen LogP) is 0.456. The van der Waals surface area contributed by atoms with Crippen LogP contribution in [0.5, 0.6) is 0 Å². The van der Waals surface area contributed by atoms with Gasteiger partial charge in [-0.15, -0.1) is 10.2 Å². The average molecular weight is 300 g/mol. The Hall–Kier alpha value is -2.51. The van der Waals surface area contributed by atoms with E-state index in [9.17, 15) is 9.59 Å². The molecular formula is C14H16N6O2. The van der Waals surface area contributed by atoms with Gasteiger partial charge in [-0.05, 0) is 25.8 Å². The minimum Gasteiger partial charge on any atom is -0.328 e. The summed E-state index contributed by atoms with van der Waals surface area (Å²) in [5.41, 5.74) is -0.0837. The molecule has 1 aliphatic carbocycles. The largest absolute Gasteiger partial charge is 0.328 e. The highest BCUT2D eigenvalue weighted by Gasteiger charge is 2.35. The molecule has 0 spiro atoms. The molecule has 0 bridgehead atoms. The van der Waals surface area contributed by atoms with E-state index < -0.39 is 0 Å². The van der Waals surface area contributed by atoms with E-state index in [1.54, 1.807) is 4.90 Å². The van der Waals surface area contributed by atoms with Crippen LogP contribution in [0.2, 0.25) is 0 Å². The molecule has 2 aliphatic rings. The molecule has 1 N–H and O–H groups in total. The molecule has 4 rings (SSSR count). The van der Waals surface area contributed by atoms with Gasteiger partial charge >= 0.3 is 0 Å². The molecule has 8 heteroatoms. The van der Waals surface area contributed by atoms with Gasteiger partial charge in [0.25, 0.3) is 11.5 Å². The fourth-order valence-electron chi connectivity index (χ4n) is 2.96. The maximum absolute atomic E-state index is 12.5. The highest BCUT2D eigenvalue weighted by molar-refractivity contribution is 5.92. The van der Waals surface area contributed by atoms with Crippen LogP contribution >= 0.6 is 0 Å². The minimum absolute atomic E-state index is 0.140. The quantitative estimate of drug-likeness (QED) is 0.869. The molecular weight excluding hydrogens is 284 g/mol. The summed E-state index contributed by atoms with van der Waals surface area (Å²) in [7, 11) is 0. The average Bonchev–Trinajstić information content (AvgIpc) is 3.27. The third-order valence-corrected chi connectivity index (χ3v) is 4.18. The number of H-pyrrole nitrogens is 1. The van der Waals surface area contributed by atoms with Gasteiger partial charge in [-0.1, -0.05) is 0 Å². The van der Waals surface area contributed by atoms with E-state index in [1.165, 1.54) is 25.0 Å². The van der Waals surface area contributed by atoms with Crippen LogP contribution < -0.4 is 5.56 Å². The second-order valence-electron chi connectivity index (χ2n) is 5.96. The number of nitrogens with zero attached hydrogens (tertiary/aromatic N) is 5. The first-order chi connectivity index (χ1) is 10.6. The smallest absolute Gasteiger partial charge is 0.274 e. The van der Waals surface area contributed by atoms with Crippen LogP contribution in [0.3, 0.4) is 0 Å². The summed E-state index contributed by atoms with van der Waals surface area (Å²) in [4.78, 5) is 25.2. The van der Waals surface area contributed by atoms with Crippen molar-refractivity contribution in [3.8, 4) is 0 Å². The Kier molecular flexibility index (Phi) is 2.85. The van der Waals surface area contributed by atoms with E-state index >= 15 is 0 Å². The summed E-state index contributed by atoms with van der Waals surface area (Å²) in [6.07, 6.45) is 2.35. The van der Waals surface area contributed by atoms with Gasteiger partial charge in [0.05, 0.1) is 12.6 Å². The van der Waals surface area contributed by atoms with Crippen molar-refractivity contribution in [2.45, 2.75) is 38.3 Å². The lowest BCUT2D eigenvalue weighted by Crippen LogP contribution is -2.41. The zero-order valence-electron chi connectivity index (χ0n) is 12.2. The lowest BCUT2D eigenvalue weighted by molar-refractivity contribution is 0.0672. The number of rotatable bonds is 2. The summed E-state index contributed by atoms with van der Waals surface area (Å²) in [5.74, 6) is 2.20. The highest BCUT2D eigenvalue weighted by atomic mass is 16.2. The molecule has 1 amide bonds. The molecule has 1 fully saturated rings. The minimum atomic E-state index is -0.322. The maximum Gasteiger partial charge on any atom is 0.274 e. The predicted molar refractivity (Wildman–Crippen MR) is 76.3 cm³/mol. The van der Waals surface area contributed by atoms with E-state index in [-0.39, 0.29) is 23.2 Å². The third-order valence-electron chi connectivity index (χ3n) is 4.18. The fourth-order valence-corrected chi connectivity index (χ4v) is 2.96. The zero-order chi connectivity index (χ0) is 15.3. The van der Waals surface area contributed by atoms with Crippen LogP contribution in [-0.2, 0) is 6.54 Å². The molecule has 0 aromatic carbocycles. The number of hydrogen-bond donors (Lipinski definition) is 1. The Balaban J connectivity index is 1.61. The van der Waals surface area contributed by atoms with E-state index in [1.807, 2.05) is 0 Å². The number of aromatic nitrogens is 5. The zero-order valence-corrected chi connectivity index (χ0v) is 12.2. The van der Waals surface area contributed by atoms with Crippen molar-refractivity contribution in [1.82, 2.24) is 29.9 Å². The summed E-state index contributed by atoms with van der Waals surface area (Å²) >= 11 is 0. The van der Waals surface area contributed by atoms with E-state index in [0.717, 1.165) is 11.6 Å². The highest BCUT2D eigenvalue weighted by Crippen LogP contribution is 2.41. The van der Waals surface area contributed by atoms with Crippen LogP contribution in [0.4, 0.5) is 0 Å². The number of hydrogen-bond acceptors (Lipinski definition) is 5. The molecule has 2 aromatic heterocycles. The maximum atomic E-state index is 12.5. The molecule has 1 aliphatic heterocycles. The van der Waals surface area contributed by atoms with Crippen molar-refractivity contribution in [3.05, 3.63) is 39.8 Å². The van der Waals surface area contributed by atoms with Crippen molar-refractivity contribution in [1.29, 1.82) is 0 Å². The van der Waals surface area contributed by atoms with Gasteiger partial charge in [-0.3, -0.25) is 9.59 Å². The Morgan fingerprint density at radius 2 is 2.14 bits per heavy atom. The molecule has 114 valence electrons. The van der Waals surface area contributed by atoms with E-state index in [4.69, 9.17) is 0 Å². The topological polar surface area (TPSA) is 96.8 Å². The Morgan fingerprint density at radius 3 is 2.82 bits per heavy atom. The lowest BCUT2D eigenvalue weighted by atomic mass is 10.2. The van der Waals surface area contributed by atoms with Crippen molar-refractivity contribution in [3.63, 3.8) is 0 Å². The Bertz CT molecular complexity index is 770. The third kappa shape index (κ3) is 2.11. The Morgan fingerprint density at radius 1 is 1.32 bits per heavy atom. The second-order valence-corrected chi connectivity index (χ2v) is 5.96. The second kappa shape index (κ2) is 4.75. The molecule has 0 unspecified atom stereocenters. The Labute approximate surface area is 126 Å². The molecule has 8 nitrogen and oxygen atoms in total. The van der Waals surface area contributed by atoms with Crippen LogP contribution in [0.25, 0.3) is 0 Å². The summed E-state index contributed by atoms with van der Waals surface area (Å²) in [6.45, 7) is 3.08. The number of carbonyl (C=O) groups excluding carboxylic acids is 1. The molecule has 3 heterocycles. The summed E-state index contributed by atoms with van der Waals surface area (Å²) in [6, 6.07) is 2.89. The normalized spacial score (nSPS) is 20.8. The molecule has 1 saturated carbocycles. The van der Waals surface area contributed by atoms with Gasteiger partial charge in [-0.25, -0.2) is 5.10 Å². The number of amides is 1. The lowest BCUT2D eigenvalue weighted by Gasteiger charge is -2.32. The van der Waals surface area contributed by atoms with Crippen molar-refractivity contribution in [2.75, 3.05) is 6.54 Å². The first-order valence-corrected chi connectivity index (χ1v) is 7.42. The van der Waals surface area contributed by atoms with Gasteiger partial charge in [0.1, 0.15) is 11.5 Å². The molecule has 0 saturated heterocycles. The van der Waals surface area contributed by atoms with Gasteiger partial charge in [0, 0.05) is 18.5 Å². The van der Waals surface area contributed by atoms with Crippen molar-refractivity contribution >= 4 is 5.91 Å². The van der Waals surface area contributed by atoms with Gasteiger partial charge in [0.15, 0.2) is 5.82 Å².